The van der Waals surface area contributed by atoms with E-state index in [1.165, 1.54) is 0 Å². The monoisotopic (exact) mass is 229 g/mol. The topological polar surface area (TPSA) is 74.8 Å². The predicted molar refractivity (Wildman–Crippen MR) is 57.1 cm³/mol. The van der Waals surface area contributed by atoms with E-state index in [0.29, 0.717) is 11.5 Å². The number of nitrogens with one attached hydrogen (secondary N) is 2. The number of hydrogen-bond acceptors (Lipinski definition) is 4. The molecule has 6 heteroatoms. The number of aromatic nitrogens is 2. The number of aromatic amines is 1. The molecule has 1 unspecified atom stereocenters. The van der Waals surface area contributed by atoms with Gasteiger partial charge in [-0.15, -0.1) is 0 Å². The molecular weight excluding hydrogens is 214 g/mol. The molecule has 2 N–H and O–H groups in total. The van der Waals surface area contributed by atoms with Gasteiger partial charge in [-0.25, -0.2) is 13.4 Å². The van der Waals surface area contributed by atoms with Crippen molar-refractivity contribution in [2.75, 3.05) is 18.1 Å². The summed E-state index contributed by atoms with van der Waals surface area (Å²) in [6.07, 6.45) is 4.19. The molecular formula is C9H15N3O2S. The second-order valence-corrected chi connectivity index (χ2v) is 6.21. The highest BCUT2D eigenvalue weighted by atomic mass is 32.2. The zero-order valence-corrected chi connectivity index (χ0v) is 9.26. The minimum absolute atomic E-state index is 0.276. The van der Waals surface area contributed by atoms with Crippen molar-refractivity contribution in [3.63, 3.8) is 0 Å². The predicted octanol–water partition coefficient (Wildman–Crippen LogP) is -0.0660. The summed E-state index contributed by atoms with van der Waals surface area (Å²) in [4.78, 5) is 6.89. The van der Waals surface area contributed by atoms with Crippen molar-refractivity contribution in [2.45, 2.75) is 13.0 Å². The van der Waals surface area contributed by atoms with Crippen LogP contribution in [0.4, 0.5) is 0 Å². The minimum Gasteiger partial charge on any atom is -0.347 e. The van der Waals surface area contributed by atoms with Gasteiger partial charge in [0.15, 0.2) is 9.84 Å². The van der Waals surface area contributed by atoms with E-state index in [1.807, 2.05) is 0 Å². The zero-order valence-electron chi connectivity index (χ0n) is 8.44. The summed E-state index contributed by atoms with van der Waals surface area (Å²) in [6, 6.07) is 0. The Labute approximate surface area is 89.2 Å². The molecule has 1 atom stereocenters. The van der Waals surface area contributed by atoms with Crippen LogP contribution < -0.4 is 5.32 Å². The lowest BCUT2D eigenvalue weighted by molar-refractivity contribution is 0.518. The zero-order chi connectivity index (χ0) is 10.7. The Morgan fingerprint density at radius 2 is 2.47 bits per heavy atom. The van der Waals surface area contributed by atoms with Gasteiger partial charge < -0.3 is 10.3 Å². The largest absolute Gasteiger partial charge is 0.347 e. The molecule has 1 saturated heterocycles. The summed E-state index contributed by atoms with van der Waals surface area (Å²) in [6.45, 7) is 1.48. The molecule has 0 amide bonds. The third-order valence-electron chi connectivity index (χ3n) is 2.63. The third kappa shape index (κ3) is 3.04. The third-order valence-corrected chi connectivity index (χ3v) is 4.47. The smallest absolute Gasteiger partial charge is 0.150 e. The van der Waals surface area contributed by atoms with Crippen LogP contribution in [0.15, 0.2) is 12.5 Å². The number of hydrogen-bond donors (Lipinski definition) is 2. The first-order chi connectivity index (χ1) is 7.16. The average molecular weight is 229 g/mol. The molecule has 0 spiro atoms. The van der Waals surface area contributed by atoms with E-state index in [2.05, 4.69) is 15.3 Å². The maximum Gasteiger partial charge on any atom is 0.150 e. The SMILES string of the molecule is O=S1(=O)CCC(CNCc2cnc[nH]2)C1. The van der Waals surface area contributed by atoms with E-state index in [9.17, 15) is 8.42 Å². The molecule has 5 nitrogen and oxygen atoms in total. The molecule has 0 bridgehead atoms. The fourth-order valence-corrected chi connectivity index (χ4v) is 3.69. The van der Waals surface area contributed by atoms with Crippen molar-refractivity contribution in [1.29, 1.82) is 0 Å². The van der Waals surface area contributed by atoms with E-state index in [0.717, 1.165) is 25.2 Å². The number of rotatable bonds is 4. The normalized spacial score (nSPS) is 24.4. The first kappa shape index (κ1) is 10.6. The van der Waals surface area contributed by atoms with E-state index in [1.54, 1.807) is 12.5 Å². The van der Waals surface area contributed by atoms with Crippen LogP contribution in [-0.2, 0) is 16.4 Å². The van der Waals surface area contributed by atoms with Gasteiger partial charge in [-0.1, -0.05) is 0 Å². The summed E-state index contributed by atoms with van der Waals surface area (Å²) >= 11 is 0. The lowest BCUT2D eigenvalue weighted by atomic mass is 10.1. The number of nitrogens with zero attached hydrogens (tertiary/aromatic N) is 1. The van der Waals surface area contributed by atoms with Gasteiger partial charge in [0, 0.05) is 18.4 Å². The van der Waals surface area contributed by atoms with Crippen LogP contribution >= 0.6 is 0 Å². The van der Waals surface area contributed by atoms with Gasteiger partial charge in [0.25, 0.3) is 0 Å². The highest BCUT2D eigenvalue weighted by Gasteiger charge is 2.27. The molecule has 1 aromatic rings. The molecule has 15 heavy (non-hydrogen) atoms. The highest BCUT2D eigenvalue weighted by molar-refractivity contribution is 7.91. The van der Waals surface area contributed by atoms with E-state index >= 15 is 0 Å². The summed E-state index contributed by atoms with van der Waals surface area (Å²) in [5.41, 5.74) is 1.02. The summed E-state index contributed by atoms with van der Waals surface area (Å²) in [5, 5.41) is 3.23. The van der Waals surface area contributed by atoms with E-state index in [4.69, 9.17) is 0 Å². The second kappa shape index (κ2) is 4.32. The van der Waals surface area contributed by atoms with E-state index in [-0.39, 0.29) is 5.92 Å². The van der Waals surface area contributed by atoms with Crippen LogP contribution in [0.2, 0.25) is 0 Å². The molecule has 0 aromatic carbocycles. The van der Waals surface area contributed by atoms with Crippen molar-refractivity contribution in [2.24, 2.45) is 5.92 Å². The highest BCUT2D eigenvalue weighted by Crippen LogP contribution is 2.17. The lowest BCUT2D eigenvalue weighted by Gasteiger charge is -2.07. The van der Waals surface area contributed by atoms with Gasteiger partial charge in [0.05, 0.1) is 17.8 Å². The molecule has 0 aliphatic carbocycles. The van der Waals surface area contributed by atoms with Gasteiger partial charge in [-0.3, -0.25) is 0 Å². The number of imidazole rings is 1. The Hall–Kier alpha value is -0.880. The van der Waals surface area contributed by atoms with Crippen molar-refractivity contribution in [3.8, 4) is 0 Å². The van der Waals surface area contributed by atoms with Crippen molar-refractivity contribution in [3.05, 3.63) is 18.2 Å². The molecule has 1 aromatic heterocycles. The first-order valence-corrected chi connectivity index (χ1v) is 6.86. The maximum atomic E-state index is 11.2. The van der Waals surface area contributed by atoms with Crippen LogP contribution in [0.5, 0.6) is 0 Å². The fraction of sp³-hybridized carbons (Fsp3) is 0.667. The molecule has 1 fully saturated rings. The molecule has 1 aliphatic heterocycles. The summed E-state index contributed by atoms with van der Waals surface area (Å²) in [5.74, 6) is 0.963. The molecule has 0 saturated carbocycles. The van der Waals surface area contributed by atoms with Crippen LogP contribution in [0.3, 0.4) is 0 Å². The standard InChI is InChI=1S/C9H15N3O2S/c13-15(14)2-1-8(6-15)3-10-4-9-5-11-7-12-9/h5,7-8,10H,1-4,6H2,(H,11,12). The van der Waals surface area contributed by atoms with Crippen LogP contribution in [0, 0.1) is 5.92 Å². The molecule has 1 aliphatic rings. The second-order valence-electron chi connectivity index (χ2n) is 3.98. The Kier molecular flexibility index (Phi) is 3.06. The van der Waals surface area contributed by atoms with Crippen LogP contribution in [0.1, 0.15) is 12.1 Å². The Balaban J connectivity index is 1.71. The van der Waals surface area contributed by atoms with Gasteiger partial charge in [-0.2, -0.15) is 0 Å². The van der Waals surface area contributed by atoms with E-state index < -0.39 is 9.84 Å². The quantitative estimate of drug-likeness (QED) is 0.758. The number of sulfone groups is 1. The molecule has 2 rings (SSSR count). The molecule has 84 valence electrons. The minimum atomic E-state index is -2.74. The average Bonchev–Trinajstić information content (AvgIpc) is 2.76. The molecule has 2 heterocycles. The Morgan fingerprint density at radius 3 is 3.07 bits per heavy atom. The van der Waals surface area contributed by atoms with Crippen LogP contribution in [0.25, 0.3) is 0 Å². The van der Waals surface area contributed by atoms with Crippen molar-refractivity contribution >= 4 is 9.84 Å². The number of H-pyrrole nitrogens is 1. The Morgan fingerprint density at radius 1 is 1.60 bits per heavy atom. The maximum absolute atomic E-state index is 11.2. The van der Waals surface area contributed by atoms with Crippen molar-refractivity contribution < 1.29 is 8.42 Å². The summed E-state index contributed by atoms with van der Waals surface area (Å²) in [7, 11) is -2.74. The van der Waals surface area contributed by atoms with Gasteiger partial charge in [0.2, 0.25) is 0 Å². The van der Waals surface area contributed by atoms with Gasteiger partial charge in [0.1, 0.15) is 0 Å². The van der Waals surface area contributed by atoms with Crippen molar-refractivity contribution in [1.82, 2.24) is 15.3 Å². The van der Waals surface area contributed by atoms with Gasteiger partial charge in [-0.05, 0) is 18.9 Å². The van der Waals surface area contributed by atoms with Crippen LogP contribution in [-0.4, -0.2) is 36.4 Å². The summed E-state index contributed by atoms with van der Waals surface area (Å²) < 4.78 is 22.4. The van der Waals surface area contributed by atoms with Gasteiger partial charge >= 0.3 is 0 Å². The first-order valence-electron chi connectivity index (χ1n) is 5.04. The fourth-order valence-electron chi connectivity index (χ4n) is 1.83. The lowest BCUT2D eigenvalue weighted by Crippen LogP contribution is -2.23. The molecule has 0 radical (unpaired) electrons. The Bertz CT molecular complexity index is 399.